The van der Waals surface area contributed by atoms with E-state index in [1.54, 1.807) is 10.7 Å². The third-order valence-electron chi connectivity index (χ3n) is 2.28. The van der Waals surface area contributed by atoms with Crippen LogP contribution in [0.3, 0.4) is 0 Å². The fraction of sp³-hybridized carbons (Fsp3) is 0.667. The van der Waals surface area contributed by atoms with Crippen molar-refractivity contribution in [1.82, 2.24) is 15.1 Å². The molecule has 1 aromatic heterocycles. The number of hydrogen-bond donors (Lipinski definition) is 1. The van der Waals surface area contributed by atoms with E-state index in [0.717, 1.165) is 26.0 Å². The van der Waals surface area contributed by atoms with E-state index < -0.39 is 0 Å². The van der Waals surface area contributed by atoms with Gasteiger partial charge < -0.3 is 10.1 Å². The summed E-state index contributed by atoms with van der Waals surface area (Å²) in [6.45, 7) is 6.90. The molecule has 1 amide bonds. The molecular weight excluding hydrogens is 218 g/mol. The van der Waals surface area contributed by atoms with Crippen LogP contribution in [0.5, 0.6) is 0 Å². The van der Waals surface area contributed by atoms with Gasteiger partial charge in [0.15, 0.2) is 0 Å². The van der Waals surface area contributed by atoms with Crippen LogP contribution in [-0.4, -0.2) is 35.4 Å². The maximum atomic E-state index is 11.7. The maximum absolute atomic E-state index is 11.7. The summed E-state index contributed by atoms with van der Waals surface area (Å²) in [5, 5.41) is 7.01. The van der Waals surface area contributed by atoms with Crippen molar-refractivity contribution < 1.29 is 9.53 Å². The van der Waals surface area contributed by atoms with Crippen molar-refractivity contribution in [2.45, 2.75) is 33.2 Å². The second-order valence-electron chi connectivity index (χ2n) is 3.77. The number of rotatable bonds is 8. The van der Waals surface area contributed by atoms with E-state index in [4.69, 9.17) is 4.74 Å². The summed E-state index contributed by atoms with van der Waals surface area (Å²) in [4.78, 5) is 11.7. The lowest BCUT2D eigenvalue weighted by molar-refractivity contribution is 0.0938. The van der Waals surface area contributed by atoms with Crippen LogP contribution >= 0.6 is 0 Å². The molecule has 1 rings (SSSR count). The van der Waals surface area contributed by atoms with Gasteiger partial charge in [0.1, 0.15) is 5.69 Å². The van der Waals surface area contributed by atoms with Gasteiger partial charge in [0.05, 0.1) is 0 Å². The largest absolute Gasteiger partial charge is 0.382 e. The van der Waals surface area contributed by atoms with Crippen molar-refractivity contribution in [3.8, 4) is 0 Å². The molecule has 0 spiro atoms. The fourth-order valence-corrected chi connectivity index (χ4v) is 1.45. The number of nitrogens with one attached hydrogen (secondary N) is 1. The minimum atomic E-state index is -0.114. The Bertz CT molecular complexity index is 336. The lowest BCUT2D eigenvalue weighted by Gasteiger charge is -2.03. The molecule has 0 unspecified atom stereocenters. The Hall–Kier alpha value is -1.36. The highest BCUT2D eigenvalue weighted by Gasteiger charge is 2.07. The van der Waals surface area contributed by atoms with Gasteiger partial charge in [0.2, 0.25) is 0 Å². The van der Waals surface area contributed by atoms with Crippen molar-refractivity contribution in [2.75, 3.05) is 19.8 Å². The van der Waals surface area contributed by atoms with Gasteiger partial charge >= 0.3 is 0 Å². The van der Waals surface area contributed by atoms with E-state index >= 15 is 0 Å². The van der Waals surface area contributed by atoms with Crippen LogP contribution in [0.1, 0.15) is 37.2 Å². The molecule has 17 heavy (non-hydrogen) atoms. The molecule has 0 atom stereocenters. The number of carbonyl (C=O) groups is 1. The van der Waals surface area contributed by atoms with E-state index in [9.17, 15) is 4.79 Å². The quantitative estimate of drug-likeness (QED) is 0.699. The number of aromatic nitrogens is 2. The van der Waals surface area contributed by atoms with Crippen molar-refractivity contribution in [3.63, 3.8) is 0 Å². The Labute approximate surface area is 102 Å². The number of carbonyl (C=O) groups excluding carboxylic acids is 1. The number of hydrogen-bond acceptors (Lipinski definition) is 3. The minimum Gasteiger partial charge on any atom is -0.382 e. The van der Waals surface area contributed by atoms with Crippen LogP contribution in [0.2, 0.25) is 0 Å². The molecule has 1 N–H and O–H groups in total. The molecule has 0 saturated heterocycles. The number of nitrogens with zero attached hydrogens (tertiary/aromatic N) is 2. The minimum absolute atomic E-state index is 0.114. The third kappa shape index (κ3) is 4.99. The molecular formula is C12H21N3O2. The van der Waals surface area contributed by atoms with E-state index in [2.05, 4.69) is 17.3 Å². The second-order valence-corrected chi connectivity index (χ2v) is 3.77. The topological polar surface area (TPSA) is 56.2 Å². The predicted octanol–water partition coefficient (Wildman–Crippen LogP) is 1.45. The number of aryl methyl sites for hydroxylation is 1. The SMILES string of the molecule is CCCn1ccc(C(=O)NCCCOCC)n1. The lowest BCUT2D eigenvalue weighted by Crippen LogP contribution is -2.25. The monoisotopic (exact) mass is 239 g/mol. The van der Waals surface area contributed by atoms with Crippen LogP contribution in [0.4, 0.5) is 0 Å². The van der Waals surface area contributed by atoms with E-state index in [-0.39, 0.29) is 5.91 Å². The zero-order chi connectivity index (χ0) is 12.5. The molecule has 0 saturated carbocycles. The first-order valence-electron chi connectivity index (χ1n) is 6.17. The Morgan fingerprint density at radius 2 is 2.35 bits per heavy atom. The van der Waals surface area contributed by atoms with Gasteiger partial charge in [-0.2, -0.15) is 5.10 Å². The summed E-state index contributed by atoms with van der Waals surface area (Å²) >= 11 is 0. The zero-order valence-corrected chi connectivity index (χ0v) is 10.6. The summed E-state index contributed by atoms with van der Waals surface area (Å²) < 4.78 is 6.97. The predicted molar refractivity (Wildman–Crippen MR) is 66.0 cm³/mol. The molecule has 5 heteroatoms. The molecule has 0 aliphatic rings. The van der Waals surface area contributed by atoms with Gasteiger partial charge in [-0.15, -0.1) is 0 Å². The Balaban J connectivity index is 2.26. The molecule has 0 radical (unpaired) electrons. The highest BCUT2D eigenvalue weighted by Crippen LogP contribution is 1.97. The van der Waals surface area contributed by atoms with Crippen LogP contribution in [-0.2, 0) is 11.3 Å². The molecule has 0 bridgehead atoms. The summed E-state index contributed by atoms with van der Waals surface area (Å²) in [6, 6.07) is 1.74. The Kier molecular flexibility index (Phi) is 6.32. The van der Waals surface area contributed by atoms with E-state index in [0.29, 0.717) is 18.8 Å². The van der Waals surface area contributed by atoms with Gasteiger partial charge in [-0.1, -0.05) is 6.92 Å². The molecule has 0 aliphatic carbocycles. The van der Waals surface area contributed by atoms with Crippen LogP contribution in [0.15, 0.2) is 12.3 Å². The zero-order valence-electron chi connectivity index (χ0n) is 10.6. The first-order chi connectivity index (χ1) is 8.27. The lowest BCUT2D eigenvalue weighted by atomic mass is 10.4. The van der Waals surface area contributed by atoms with E-state index in [1.807, 2.05) is 13.1 Å². The van der Waals surface area contributed by atoms with Gasteiger partial charge in [-0.25, -0.2) is 0 Å². The highest BCUT2D eigenvalue weighted by molar-refractivity contribution is 5.92. The highest BCUT2D eigenvalue weighted by atomic mass is 16.5. The molecule has 0 aromatic carbocycles. The van der Waals surface area contributed by atoms with Gasteiger partial charge in [0.25, 0.3) is 5.91 Å². The maximum Gasteiger partial charge on any atom is 0.271 e. The molecule has 5 nitrogen and oxygen atoms in total. The summed E-state index contributed by atoms with van der Waals surface area (Å²) in [7, 11) is 0. The van der Waals surface area contributed by atoms with E-state index in [1.165, 1.54) is 0 Å². The Morgan fingerprint density at radius 3 is 3.06 bits per heavy atom. The number of ether oxygens (including phenoxy) is 1. The van der Waals surface area contributed by atoms with Gasteiger partial charge in [-0.3, -0.25) is 9.48 Å². The second kappa shape index (κ2) is 7.84. The molecule has 96 valence electrons. The van der Waals surface area contributed by atoms with Crippen LogP contribution in [0.25, 0.3) is 0 Å². The summed E-state index contributed by atoms with van der Waals surface area (Å²) in [5.41, 5.74) is 0.481. The molecule has 0 aliphatic heterocycles. The third-order valence-corrected chi connectivity index (χ3v) is 2.28. The standard InChI is InChI=1S/C12H21N3O2/c1-3-8-15-9-6-11(14-15)12(16)13-7-5-10-17-4-2/h6,9H,3-5,7-8,10H2,1-2H3,(H,13,16). The fourth-order valence-electron chi connectivity index (χ4n) is 1.45. The normalized spacial score (nSPS) is 10.5. The Morgan fingerprint density at radius 1 is 1.53 bits per heavy atom. The van der Waals surface area contributed by atoms with Crippen molar-refractivity contribution in [2.24, 2.45) is 0 Å². The van der Waals surface area contributed by atoms with Crippen LogP contribution in [0, 0.1) is 0 Å². The van der Waals surface area contributed by atoms with Crippen LogP contribution < -0.4 is 5.32 Å². The number of amides is 1. The smallest absolute Gasteiger partial charge is 0.271 e. The van der Waals surface area contributed by atoms with Gasteiger partial charge in [-0.05, 0) is 25.8 Å². The van der Waals surface area contributed by atoms with Gasteiger partial charge in [0, 0.05) is 32.5 Å². The molecule has 0 fully saturated rings. The molecule has 1 aromatic rings. The molecule has 1 heterocycles. The van der Waals surface area contributed by atoms with Crippen molar-refractivity contribution in [1.29, 1.82) is 0 Å². The van der Waals surface area contributed by atoms with Crippen molar-refractivity contribution in [3.05, 3.63) is 18.0 Å². The van der Waals surface area contributed by atoms with Crippen molar-refractivity contribution >= 4 is 5.91 Å². The average molecular weight is 239 g/mol. The first-order valence-corrected chi connectivity index (χ1v) is 6.17. The average Bonchev–Trinajstić information content (AvgIpc) is 2.78. The first kappa shape index (κ1) is 13.7. The summed E-state index contributed by atoms with van der Waals surface area (Å²) in [5.74, 6) is -0.114. The summed E-state index contributed by atoms with van der Waals surface area (Å²) in [6.07, 6.45) is 3.67.